The van der Waals surface area contributed by atoms with Gasteiger partial charge in [-0.3, -0.25) is 4.79 Å². The summed E-state index contributed by atoms with van der Waals surface area (Å²) in [7, 11) is 0. The molecule has 2 rings (SSSR count). The van der Waals surface area contributed by atoms with Crippen LogP contribution in [0.15, 0.2) is 6.20 Å². The van der Waals surface area contributed by atoms with Gasteiger partial charge in [0.2, 0.25) is 5.91 Å². The fourth-order valence-electron chi connectivity index (χ4n) is 2.33. The van der Waals surface area contributed by atoms with Gasteiger partial charge in [0.1, 0.15) is 6.54 Å². The summed E-state index contributed by atoms with van der Waals surface area (Å²) in [5, 5.41) is 16.9. The van der Waals surface area contributed by atoms with Crippen molar-refractivity contribution in [3.63, 3.8) is 0 Å². The summed E-state index contributed by atoms with van der Waals surface area (Å²) in [6.45, 7) is 4.98. The Morgan fingerprint density at radius 1 is 1.65 bits per heavy atom. The van der Waals surface area contributed by atoms with Crippen molar-refractivity contribution in [3.8, 4) is 0 Å². The van der Waals surface area contributed by atoms with Crippen LogP contribution in [0, 0.1) is 0 Å². The number of aliphatic hydroxyl groups is 1. The van der Waals surface area contributed by atoms with Gasteiger partial charge in [0.05, 0.1) is 30.2 Å². The van der Waals surface area contributed by atoms with E-state index in [0.29, 0.717) is 25.3 Å². The monoisotopic (exact) mass is 283 g/mol. The smallest absolute Gasteiger partial charge is 0.244 e. The fourth-order valence-corrected chi connectivity index (χ4v) is 2.33. The van der Waals surface area contributed by atoms with E-state index < -0.39 is 5.60 Å². The number of aliphatic hydroxyl groups excluding tert-OH is 1. The SMILES string of the molecule is CC1(C)CN(C(=O)Cn2cc(CN)nn2)CC(CO)O1. The number of hydrogen-bond donors (Lipinski definition) is 2. The Labute approximate surface area is 117 Å². The molecular weight excluding hydrogens is 262 g/mol. The van der Waals surface area contributed by atoms with Crippen molar-refractivity contribution in [2.24, 2.45) is 5.73 Å². The highest BCUT2D eigenvalue weighted by Crippen LogP contribution is 2.21. The van der Waals surface area contributed by atoms with Crippen LogP contribution in [0.3, 0.4) is 0 Å². The predicted molar refractivity (Wildman–Crippen MR) is 70.5 cm³/mol. The summed E-state index contributed by atoms with van der Waals surface area (Å²) < 4.78 is 7.15. The van der Waals surface area contributed by atoms with Crippen molar-refractivity contribution >= 4 is 5.91 Å². The quantitative estimate of drug-likeness (QED) is 0.714. The number of nitrogens with zero attached hydrogens (tertiary/aromatic N) is 4. The van der Waals surface area contributed by atoms with E-state index in [1.165, 1.54) is 4.68 Å². The molecule has 0 saturated carbocycles. The molecule has 0 radical (unpaired) electrons. The van der Waals surface area contributed by atoms with Crippen molar-refractivity contribution in [1.82, 2.24) is 19.9 Å². The molecule has 1 saturated heterocycles. The standard InChI is InChI=1S/C12H21N5O3/c1-12(2)8-16(5-10(7-18)20-12)11(19)6-17-4-9(3-13)14-15-17/h4,10,18H,3,5-8,13H2,1-2H3. The van der Waals surface area contributed by atoms with Crippen molar-refractivity contribution in [1.29, 1.82) is 0 Å². The van der Waals surface area contributed by atoms with E-state index in [1.807, 2.05) is 13.8 Å². The zero-order chi connectivity index (χ0) is 14.8. The second kappa shape index (κ2) is 5.86. The molecule has 112 valence electrons. The average Bonchev–Trinajstić information content (AvgIpc) is 2.84. The molecule has 3 N–H and O–H groups in total. The lowest BCUT2D eigenvalue weighted by atomic mass is 10.1. The number of morpholine rings is 1. The van der Waals surface area contributed by atoms with Gasteiger partial charge in [0.25, 0.3) is 0 Å². The van der Waals surface area contributed by atoms with E-state index in [9.17, 15) is 9.90 Å². The Bertz CT molecular complexity index is 473. The zero-order valence-corrected chi connectivity index (χ0v) is 11.8. The lowest BCUT2D eigenvalue weighted by Crippen LogP contribution is -2.56. The van der Waals surface area contributed by atoms with Crippen LogP contribution in [0.25, 0.3) is 0 Å². The van der Waals surface area contributed by atoms with Crippen LogP contribution in [0.1, 0.15) is 19.5 Å². The van der Waals surface area contributed by atoms with Gasteiger partial charge in [-0.05, 0) is 13.8 Å². The molecule has 0 aromatic carbocycles. The second-order valence-electron chi connectivity index (χ2n) is 5.57. The summed E-state index contributed by atoms with van der Waals surface area (Å²) in [4.78, 5) is 14.0. The van der Waals surface area contributed by atoms with Crippen LogP contribution in [-0.2, 0) is 22.6 Å². The van der Waals surface area contributed by atoms with Crippen LogP contribution in [0.4, 0.5) is 0 Å². The Kier molecular flexibility index (Phi) is 4.36. The van der Waals surface area contributed by atoms with Crippen LogP contribution in [0.2, 0.25) is 0 Å². The minimum Gasteiger partial charge on any atom is -0.394 e. The average molecular weight is 283 g/mol. The van der Waals surface area contributed by atoms with Gasteiger partial charge in [0.15, 0.2) is 0 Å². The zero-order valence-electron chi connectivity index (χ0n) is 11.8. The Morgan fingerprint density at radius 2 is 2.40 bits per heavy atom. The molecule has 1 aromatic heterocycles. The molecule has 0 bridgehead atoms. The molecule has 0 aliphatic carbocycles. The second-order valence-corrected chi connectivity index (χ2v) is 5.57. The molecule has 1 unspecified atom stereocenters. The minimum atomic E-state index is -0.466. The van der Waals surface area contributed by atoms with Crippen LogP contribution >= 0.6 is 0 Å². The number of ether oxygens (including phenoxy) is 1. The molecule has 1 aliphatic rings. The molecule has 8 nitrogen and oxygen atoms in total. The van der Waals surface area contributed by atoms with E-state index in [4.69, 9.17) is 10.5 Å². The first-order valence-corrected chi connectivity index (χ1v) is 6.59. The molecule has 8 heteroatoms. The Hall–Kier alpha value is -1.51. The molecule has 1 fully saturated rings. The van der Waals surface area contributed by atoms with Gasteiger partial charge in [-0.25, -0.2) is 4.68 Å². The number of nitrogens with two attached hydrogens (primary N) is 1. The number of carbonyl (C=O) groups excluding carboxylic acids is 1. The first-order chi connectivity index (χ1) is 9.43. The number of carbonyl (C=O) groups is 1. The van der Waals surface area contributed by atoms with Gasteiger partial charge in [-0.1, -0.05) is 5.21 Å². The largest absolute Gasteiger partial charge is 0.394 e. The fraction of sp³-hybridized carbons (Fsp3) is 0.750. The van der Waals surface area contributed by atoms with Crippen LogP contribution in [0.5, 0.6) is 0 Å². The Morgan fingerprint density at radius 3 is 3.00 bits per heavy atom. The summed E-state index contributed by atoms with van der Waals surface area (Å²) >= 11 is 0. The van der Waals surface area contributed by atoms with Gasteiger partial charge in [-0.15, -0.1) is 5.10 Å². The highest BCUT2D eigenvalue weighted by molar-refractivity contribution is 5.76. The van der Waals surface area contributed by atoms with Crippen LogP contribution in [-0.4, -0.2) is 62.3 Å². The molecule has 2 heterocycles. The summed E-state index contributed by atoms with van der Waals surface area (Å²) in [5.74, 6) is -0.0757. The third-order valence-corrected chi connectivity index (χ3v) is 3.13. The number of aromatic nitrogens is 3. The number of rotatable bonds is 4. The highest BCUT2D eigenvalue weighted by Gasteiger charge is 2.35. The number of hydrogen-bond acceptors (Lipinski definition) is 6. The maximum absolute atomic E-state index is 12.3. The van der Waals surface area contributed by atoms with E-state index in [0.717, 1.165) is 0 Å². The van der Waals surface area contributed by atoms with E-state index in [1.54, 1.807) is 11.1 Å². The molecule has 1 atom stereocenters. The summed E-state index contributed by atoms with van der Waals surface area (Å²) in [6.07, 6.45) is 1.31. The third kappa shape index (κ3) is 3.53. The third-order valence-electron chi connectivity index (χ3n) is 3.13. The normalized spacial score (nSPS) is 22.0. The summed E-state index contributed by atoms with van der Waals surface area (Å²) in [6, 6.07) is 0. The van der Waals surface area contributed by atoms with Crippen molar-refractivity contribution < 1.29 is 14.6 Å². The molecule has 1 amide bonds. The van der Waals surface area contributed by atoms with Gasteiger partial charge >= 0.3 is 0 Å². The van der Waals surface area contributed by atoms with Crippen molar-refractivity contribution in [3.05, 3.63) is 11.9 Å². The maximum atomic E-state index is 12.3. The predicted octanol–water partition coefficient (Wildman–Crippen LogP) is -1.26. The maximum Gasteiger partial charge on any atom is 0.244 e. The van der Waals surface area contributed by atoms with Gasteiger partial charge < -0.3 is 20.5 Å². The first-order valence-electron chi connectivity index (χ1n) is 6.59. The molecule has 0 spiro atoms. The van der Waals surface area contributed by atoms with E-state index in [-0.39, 0.29) is 25.2 Å². The first kappa shape index (κ1) is 14.9. The lowest BCUT2D eigenvalue weighted by Gasteiger charge is -2.42. The lowest BCUT2D eigenvalue weighted by molar-refractivity contribution is -0.167. The van der Waals surface area contributed by atoms with Crippen molar-refractivity contribution in [2.75, 3.05) is 19.7 Å². The van der Waals surface area contributed by atoms with Crippen LogP contribution < -0.4 is 5.73 Å². The summed E-state index contributed by atoms with van der Waals surface area (Å²) in [5.41, 5.74) is 5.63. The minimum absolute atomic E-state index is 0.0757. The van der Waals surface area contributed by atoms with Gasteiger partial charge in [-0.2, -0.15) is 0 Å². The molecule has 1 aromatic rings. The highest BCUT2D eigenvalue weighted by atomic mass is 16.5. The van der Waals surface area contributed by atoms with Crippen molar-refractivity contribution in [2.45, 2.75) is 38.6 Å². The van der Waals surface area contributed by atoms with E-state index in [2.05, 4.69) is 10.3 Å². The Balaban J connectivity index is 2.00. The van der Waals surface area contributed by atoms with Gasteiger partial charge in [0, 0.05) is 19.6 Å². The topological polar surface area (TPSA) is 107 Å². The van der Waals surface area contributed by atoms with E-state index >= 15 is 0 Å². The molecular formula is C12H21N5O3. The molecule has 1 aliphatic heterocycles. The molecule has 20 heavy (non-hydrogen) atoms. The number of amides is 1.